The monoisotopic (exact) mass is 191 g/mol. The predicted octanol–water partition coefficient (Wildman–Crippen LogP) is 1.62. The Labute approximate surface area is 84.8 Å². The van der Waals surface area contributed by atoms with Crippen LogP contribution < -0.4 is 5.32 Å². The van der Waals surface area contributed by atoms with Crippen LogP contribution >= 0.6 is 0 Å². The zero-order valence-electron chi connectivity index (χ0n) is 8.61. The fraction of sp³-hybridized carbons (Fsp3) is 0.545. The highest BCUT2D eigenvalue weighted by molar-refractivity contribution is 4.99. The third-order valence-electron chi connectivity index (χ3n) is 2.70. The van der Waals surface area contributed by atoms with Crippen LogP contribution in [0.3, 0.4) is 0 Å². The predicted molar refractivity (Wildman–Crippen MR) is 56.8 cm³/mol. The van der Waals surface area contributed by atoms with Gasteiger partial charge in [-0.1, -0.05) is 12.2 Å². The standard InChI is InChI=1S/C11H17N3/c1-14-8-7-12-11(14)9-13-10-5-3-2-4-6-10/h3,5,7-8,10,13H,2,4,6,9H2,1H3. The molecule has 1 aromatic rings. The summed E-state index contributed by atoms with van der Waals surface area (Å²) in [6.07, 6.45) is 12.1. The molecule has 1 atom stereocenters. The van der Waals surface area contributed by atoms with Crippen molar-refractivity contribution in [1.82, 2.24) is 14.9 Å². The molecule has 0 amide bonds. The van der Waals surface area contributed by atoms with Gasteiger partial charge in [0, 0.05) is 25.5 Å². The molecular weight excluding hydrogens is 174 g/mol. The molecule has 0 aliphatic heterocycles. The van der Waals surface area contributed by atoms with Crippen LogP contribution in [0.4, 0.5) is 0 Å². The maximum absolute atomic E-state index is 4.28. The molecule has 1 heterocycles. The smallest absolute Gasteiger partial charge is 0.122 e. The Bertz CT molecular complexity index is 314. The molecule has 3 nitrogen and oxygen atoms in total. The molecule has 0 aromatic carbocycles. The van der Waals surface area contributed by atoms with Gasteiger partial charge >= 0.3 is 0 Å². The van der Waals surface area contributed by atoms with Crippen LogP contribution in [0.15, 0.2) is 24.5 Å². The third kappa shape index (κ3) is 2.23. The van der Waals surface area contributed by atoms with Crippen molar-refractivity contribution in [3.05, 3.63) is 30.4 Å². The third-order valence-corrected chi connectivity index (χ3v) is 2.70. The van der Waals surface area contributed by atoms with Gasteiger partial charge in [0.2, 0.25) is 0 Å². The summed E-state index contributed by atoms with van der Waals surface area (Å²) in [7, 11) is 2.03. The number of nitrogens with zero attached hydrogens (tertiary/aromatic N) is 2. The van der Waals surface area contributed by atoms with E-state index in [9.17, 15) is 0 Å². The number of aryl methyl sites for hydroxylation is 1. The van der Waals surface area contributed by atoms with Crippen molar-refractivity contribution in [2.45, 2.75) is 31.8 Å². The van der Waals surface area contributed by atoms with E-state index in [-0.39, 0.29) is 0 Å². The topological polar surface area (TPSA) is 29.9 Å². The Morgan fingerprint density at radius 2 is 2.57 bits per heavy atom. The largest absolute Gasteiger partial charge is 0.337 e. The van der Waals surface area contributed by atoms with Gasteiger partial charge in [-0.25, -0.2) is 4.98 Å². The molecule has 0 spiro atoms. The number of nitrogens with one attached hydrogen (secondary N) is 1. The van der Waals surface area contributed by atoms with Crippen LogP contribution in [0.25, 0.3) is 0 Å². The highest BCUT2D eigenvalue weighted by Gasteiger charge is 2.08. The van der Waals surface area contributed by atoms with Crippen molar-refractivity contribution in [3.8, 4) is 0 Å². The molecule has 0 radical (unpaired) electrons. The van der Waals surface area contributed by atoms with Gasteiger partial charge in [-0.2, -0.15) is 0 Å². The maximum Gasteiger partial charge on any atom is 0.122 e. The summed E-state index contributed by atoms with van der Waals surface area (Å²) in [6, 6.07) is 0.542. The highest BCUT2D eigenvalue weighted by Crippen LogP contribution is 2.10. The van der Waals surface area contributed by atoms with Crippen molar-refractivity contribution in [2.24, 2.45) is 7.05 Å². The lowest BCUT2D eigenvalue weighted by molar-refractivity contribution is 0.508. The molecule has 14 heavy (non-hydrogen) atoms. The minimum atomic E-state index is 0.542. The van der Waals surface area contributed by atoms with Crippen molar-refractivity contribution in [3.63, 3.8) is 0 Å². The lowest BCUT2D eigenvalue weighted by Gasteiger charge is -2.17. The van der Waals surface area contributed by atoms with Gasteiger partial charge in [0.05, 0.1) is 6.54 Å². The molecule has 1 aliphatic carbocycles. The molecule has 2 rings (SSSR count). The van der Waals surface area contributed by atoms with Gasteiger partial charge in [-0.3, -0.25) is 0 Å². The Kier molecular flexibility index (Phi) is 2.99. The average Bonchev–Trinajstić information content (AvgIpc) is 2.63. The summed E-state index contributed by atoms with van der Waals surface area (Å²) >= 11 is 0. The molecule has 3 heteroatoms. The molecule has 1 N–H and O–H groups in total. The number of allylic oxidation sites excluding steroid dienone is 1. The minimum absolute atomic E-state index is 0.542. The van der Waals surface area contributed by atoms with Crippen LogP contribution in [0.5, 0.6) is 0 Å². The molecule has 1 aliphatic rings. The molecule has 0 saturated carbocycles. The first-order valence-corrected chi connectivity index (χ1v) is 5.22. The molecule has 76 valence electrons. The Hall–Kier alpha value is -1.09. The van der Waals surface area contributed by atoms with Gasteiger partial charge in [-0.05, 0) is 19.3 Å². The molecule has 1 aromatic heterocycles. The van der Waals surface area contributed by atoms with Crippen LogP contribution in [0.2, 0.25) is 0 Å². The van der Waals surface area contributed by atoms with E-state index >= 15 is 0 Å². The normalized spacial score (nSPS) is 21.4. The summed E-state index contributed by atoms with van der Waals surface area (Å²) < 4.78 is 2.06. The second-order valence-corrected chi connectivity index (χ2v) is 3.80. The first-order valence-electron chi connectivity index (χ1n) is 5.22. The van der Waals surface area contributed by atoms with E-state index in [1.165, 1.54) is 19.3 Å². The Morgan fingerprint density at radius 1 is 1.64 bits per heavy atom. The summed E-state index contributed by atoms with van der Waals surface area (Å²) in [5, 5.41) is 3.49. The van der Waals surface area contributed by atoms with E-state index < -0.39 is 0 Å². The fourth-order valence-corrected chi connectivity index (χ4v) is 1.77. The van der Waals surface area contributed by atoms with Gasteiger partial charge in [0.15, 0.2) is 0 Å². The molecule has 0 bridgehead atoms. The SMILES string of the molecule is Cn1ccnc1CNC1C=CCCC1. The molecule has 0 saturated heterocycles. The fourth-order valence-electron chi connectivity index (χ4n) is 1.77. The zero-order chi connectivity index (χ0) is 9.80. The number of hydrogen-bond donors (Lipinski definition) is 1. The van der Waals surface area contributed by atoms with Gasteiger partial charge < -0.3 is 9.88 Å². The highest BCUT2D eigenvalue weighted by atomic mass is 15.1. The van der Waals surface area contributed by atoms with Crippen molar-refractivity contribution >= 4 is 0 Å². The second-order valence-electron chi connectivity index (χ2n) is 3.80. The van der Waals surface area contributed by atoms with Gasteiger partial charge in [-0.15, -0.1) is 0 Å². The lowest BCUT2D eigenvalue weighted by Crippen LogP contribution is -2.28. The van der Waals surface area contributed by atoms with E-state index in [0.717, 1.165) is 12.4 Å². The average molecular weight is 191 g/mol. The van der Waals surface area contributed by atoms with Crippen molar-refractivity contribution in [2.75, 3.05) is 0 Å². The van der Waals surface area contributed by atoms with Crippen molar-refractivity contribution < 1.29 is 0 Å². The van der Waals surface area contributed by atoms with Crippen LogP contribution in [-0.4, -0.2) is 15.6 Å². The Morgan fingerprint density at radius 3 is 3.21 bits per heavy atom. The second kappa shape index (κ2) is 4.42. The summed E-state index contributed by atoms with van der Waals surface area (Å²) in [4.78, 5) is 4.28. The Balaban J connectivity index is 1.85. The quantitative estimate of drug-likeness (QED) is 0.736. The molecule has 1 unspecified atom stereocenters. The summed E-state index contributed by atoms with van der Waals surface area (Å²) in [5.74, 6) is 1.10. The maximum atomic E-state index is 4.28. The molecular formula is C11H17N3. The first-order chi connectivity index (χ1) is 6.86. The van der Waals surface area contributed by atoms with E-state index in [1.807, 2.05) is 19.4 Å². The van der Waals surface area contributed by atoms with Crippen LogP contribution in [0.1, 0.15) is 25.1 Å². The van der Waals surface area contributed by atoms with Crippen LogP contribution in [0, 0.1) is 0 Å². The number of rotatable bonds is 3. The van der Waals surface area contributed by atoms with E-state index in [1.54, 1.807) is 0 Å². The zero-order valence-corrected chi connectivity index (χ0v) is 8.61. The first kappa shape index (κ1) is 9.46. The van der Waals surface area contributed by atoms with E-state index in [4.69, 9.17) is 0 Å². The molecule has 0 fully saturated rings. The number of hydrogen-bond acceptors (Lipinski definition) is 2. The number of imidazole rings is 1. The summed E-state index contributed by atoms with van der Waals surface area (Å²) in [5.41, 5.74) is 0. The van der Waals surface area contributed by atoms with Crippen molar-refractivity contribution in [1.29, 1.82) is 0 Å². The number of aromatic nitrogens is 2. The summed E-state index contributed by atoms with van der Waals surface area (Å²) in [6.45, 7) is 0.860. The van der Waals surface area contributed by atoms with Gasteiger partial charge in [0.1, 0.15) is 5.82 Å². The minimum Gasteiger partial charge on any atom is -0.337 e. The van der Waals surface area contributed by atoms with Gasteiger partial charge in [0.25, 0.3) is 0 Å². The van der Waals surface area contributed by atoms with E-state index in [0.29, 0.717) is 6.04 Å². The van der Waals surface area contributed by atoms with Crippen LogP contribution in [-0.2, 0) is 13.6 Å². The van der Waals surface area contributed by atoms with E-state index in [2.05, 4.69) is 27.0 Å². The lowest BCUT2D eigenvalue weighted by atomic mass is 10.0.